The number of fused-ring (bicyclic) bond motifs is 1. The summed E-state index contributed by atoms with van der Waals surface area (Å²) >= 11 is 4.78. The van der Waals surface area contributed by atoms with Gasteiger partial charge in [0, 0.05) is 6.20 Å². The normalized spacial score (nSPS) is 10.8. The Labute approximate surface area is 120 Å². The lowest BCUT2D eigenvalue weighted by molar-refractivity contribution is 0.912. The van der Waals surface area contributed by atoms with E-state index in [0.717, 1.165) is 10.8 Å². The van der Waals surface area contributed by atoms with Gasteiger partial charge in [0.25, 0.3) is 0 Å². The first kappa shape index (κ1) is 12.3. The van der Waals surface area contributed by atoms with Crippen LogP contribution in [0.2, 0.25) is 0 Å². The summed E-state index contributed by atoms with van der Waals surface area (Å²) < 4.78 is 2.57. The van der Waals surface area contributed by atoms with Crippen LogP contribution in [0.5, 0.6) is 0 Å². The lowest BCUT2D eigenvalue weighted by atomic mass is 10.5. The minimum atomic E-state index is 0.520. The van der Waals surface area contributed by atoms with E-state index in [4.69, 9.17) is 5.84 Å². The van der Waals surface area contributed by atoms with Gasteiger partial charge in [0.2, 0.25) is 5.16 Å². The number of hydrazine groups is 1. The third-order valence-electron chi connectivity index (χ3n) is 2.36. The minimum absolute atomic E-state index is 0.520. The van der Waals surface area contributed by atoms with Crippen LogP contribution in [0.1, 0.15) is 0 Å². The second-order valence-corrected chi connectivity index (χ2v) is 5.25. The maximum Gasteiger partial charge on any atom is 0.201 e. The highest BCUT2D eigenvalue weighted by molar-refractivity contribution is 9.10. The number of nitrogens with zero attached hydrogens (tertiary/aromatic N) is 5. The number of nitrogens with two attached hydrogens (primary N) is 1. The van der Waals surface area contributed by atoms with Gasteiger partial charge in [-0.2, -0.15) is 0 Å². The van der Waals surface area contributed by atoms with Crippen molar-refractivity contribution in [2.75, 3.05) is 5.43 Å². The largest absolute Gasteiger partial charge is 0.307 e. The minimum Gasteiger partial charge on any atom is -0.307 e. The molecule has 0 atom stereocenters. The van der Waals surface area contributed by atoms with Crippen LogP contribution >= 0.6 is 27.7 Å². The summed E-state index contributed by atoms with van der Waals surface area (Å²) in [5.74, 6) is 5.89. The molecule has 0 saturated heterocycles. The van der Waals surface area contributed by atoms with Gasteiger partial charge in [-0.25, -0.2) is 15.8 Å². The molecule has 0 aliphatic heterocycles. The van der Waals surface area contributed by atoms with E-state index >= 15 is 0 Å². The first-order valence-electron chi connectivity index (χ1n) is 5.24. The van der Waals surface area contributed by atoms with Crippen molar-refractivity contribution in [3.63, 3.8) is 0 Å². The van der Waals surface area contributed by atoms with Crippen LogP contribution in [0.4, 0.5) is 5.82 Å². The average molecular weight is 338 g/mol. The van der Waals surface area contributed by atoms with Gasteiger partial charge < -0.3 is 5.43 Å². The van der Waals surface area contributed by atoms with Crippen molar-refractivity contribution in [1.82, 2.24) is 24.6 Å². The zero-order chi connectivity index (χ0) is 13.2. The van der Waals surface area contributed by atoms with E-state index in [1.54, 1.807) is 0 Å². The summed E-state index contributed by atoms with van der Waals surface area (Å²) in [4.78, 5) is 8.20. The molecule has 3 aromatic heterocycles. The monoisotopic (exact) mass is 337 g/mol. The Morgan fingerprint density at radius 1 is 1.26 bits per heavy atom. The van der Waals surface area contributed by atoms with Gasteiger partial charge in [0.05, 0.1) is 4.47 Å². The maximum atomic E-state index is 5.37. The fourth-order valence-corrected chi connectivity index (χ4v) is 2.86. The molecule has 0 fully saturated rings. The van der Waals surface area contributed by atoms with E-state index in [1.165, 1.54) is 18.1 Å². The van der Waals surface area contributed by atoms with E-state index < -0.39 is 0 Å². The molecule has 0 unspecified atom stereocenters. The Morgan fingerprint density at radius 3 is 3.00 bits per heavy atom. The molecule has 0 spiro atoms. The van der Waals surface area contributed by atoms with Crippen LogP contribution < -0.4 is 11.3 Å². The number of pyridine rings is 1. The molecule has 7 nitrogen and oxygen atoms in total. The van der Waals surface area contributed by atoms with Crippen molar-refractivity contribution < 1.29 is 0 Å². The van der Waals surface area contributed by atoms with Gasteiger partial charge in [0.1, 0.15) is 11.4 Å². The van der Waals surface area contributed by atoms with Crippen molar-refractivity contribution in [2.24, 2.45) is 5.84 Å². The van der Waals surface area contributed by atoms with Crippen LogP contribution in [-0.2, 0) is 0 Å². The van der Waals surface area contributed by atoms with Crippen molar-refractivity contribution in [3.8, 4) is 0 Å². The van der Waals surface area contributed by atoms with E-state index in [2.05, 4.69) is 41.5 Å². The highest BCUT2D eigenvalue weighted by Gasteiger charge is 2.13. The molecule has 3 heterocycles. The number of hydrogen-bond donors (Lipinski definition) is 2. The van der Waals surface area contributed by atoms with E-state index in [9.17, 15) is 0 Å². The molecule has 3 N–H and O–H groups in total. The molecule has 3 aromatic rings. The van der Waals surface area contributed by atoms with Gasteiger partial charge in [-0.3, -0.25) is 4.40 Å². The number of halogens is 1. The van der Waals surface area contributed by atoms with Crippen molar-refractivity contribution in [3.05, 3.63) is 35.2 Å². The summed E-state index contributed by atoms with van der Waals surface area (Å²) in [7, 11) is 0. The van der Waals surface area contributed by atoms with Gasteiger partial charge in [0.15, 0.2) is 11.5 Å². The molecule has 0 bridgehead atoms. The molecule has 9 heteroatoms. The molecular weight excluding hydrogens is 330 g/mol. The molecule has 0 aliphatic rings. The third kappa shape index (κ3) is 2.27. The number of anilines is 1. The van der Waals surface area contributed by atoms with E-state index in [-0.39, 0.29) is 0 Å². The summed E-state index contributed by atoms with van der Waals surface area (Å²) in [5, 5.41) is 9.64. The second-order valence-electron chi connectivity index (χ2n) is 3.50. The third-order valence-corrected chi connectivity index (χ3v) is 4.34. The van der Waals surface area contributed by atoms with Crippen molar-refractivity contribution >= 4 is 39.2 Å². The summed E-state index contributed by atoms with van der Waals surface area (Å²) in [5.41, 5.74) is 3.28. The van der Waals surface area contributed by atoms with Crippen LogP contribution in [0.3, 0.4) is 0 Å². The Morgan fingerprint density at radius 2 is 2.16 bits per heavy atom. The molecule has 3 rings (SSSR count). The number of aromatic nitrogens is 5. The zero-order valence-corrected chi connectivity index (χ0v) is 11.9. The SMILES string of the molecule is NNc1ncnc(Sc2nnc3ccccn23)c1Br. The smallest absolute Gasteiger partial charge is 0.201 e. The summed E-state index contributed by atoms with van der Waals surface area (Å²) in [6, 6.07) is 5.72. The average Bonchev–Trinajstić information content (AvgIpc) is 2.85. The fraction of sp³-hybridized carbons (Fsp3) is 0. The maximum absolute atomic E-state index is 5.37. The Hall–Kier alpha value is -1.71. The van der Waals surface area contributed by atoms with Crippen molar-refractivity contribution in [2.45, 2.75) is 10.2 Å². The molecule has 96 valence electrons. The van der Waals surface area contributed by atoms with Gasteiger partial charge >= 0.3 is 0 Å². The number of nitrogen functional groups attached to an aromatic ring is 1. The first-order chi connectivity index (χ1) is 9.29. The predicted molar refractivity (Wildman–Crippen MR) is 74.7 cm³/mol. The lowest BCUT2D eigenvalue weighted by Crippen LogP contribution is -2.09. The van der Waals surface area contributed by atoms with Crippen LogP contribution in [0.15, 0.2) is 45.4 Å². The number of hydrogen-bond acceptors (Lipinski definition) is 7. The highest BCUT2D eigenvalue weighted by Crippen LogP contribution is 2.33. The van der Waals surface area contributed by atoms with Crippen molar-refractivity contribution in [1.29, 1.82) is 0 Å². The zero-order valence-electron chi connectivity index (χ0n) is 9.49. The lowest BCUT2D eigenvalue weighted by Gasteiger charge is -2.05. The molecule has 0 radical (unpaired) electrons. The summed E-state index contributed by atoms with van der Waals surface area (Å²) in [6.45, 7) is 0. The number of nitrogens with one attached hydrogen (secondary N) is 1. The Balaban J connectivity index is 2.02. The topological polar surface area (TPSA) is 94.0 Å². The summed E-state index contributed by atoms with van der Waals surface area (Å²) in [6.07, 6.45) is 3.33. The predicted octanol–water partition coefficient (Wildman–Crippen LogP) is 1.72. The molecule has 0 aliphatic carbocycles. The van der Waals surface area contributed by atoms with E-state index in [0.29, 0.717) is 15.3 Å². The van der Waals surface area contributed by atoms with Gasteiger partial charge in [-0.15, -0.1) is 10.2 Å². The molecule has 0 saturated carbocycles. The Bertz CT molecular complexity index is 729. The van der Waals surface area contributed by atoms with Gasteiger partial charge in [-0.05, 0) is 39.8 Å². The fourth-order valence-electron chi connectivity index (χ4n) is 1.50. The van der Waals surface area contributed by atoms with Crippen LogP contribution in [0.25, 0.3) is 5.65 Å². The molecule has 0 aromatic carbocycles. The highest BCUT2D eigenvalue weighted by atomic mass is 79.9. The molecule has 19 heavy (non-hydrogen) atoms. The van der Waals surface area contributed by atoms with E-state index in [1.807, 2.05) is 28.8 Å². The van der Waals surface area contributed by atoms with Crippen LogP contribution in [0, 0.1) is 0 Å². The second kappa shape index (κ2) is 5.11. The number of rotatable bonds is 3. The van der Waals surface area contributed by atoms with Gasteiger partial charge in [-0.1, -0.05) is 6.07 Å². The standard InChI is InChI=1S/C10H8BrN7S/c11-7-8(15-12)13-5-14-9(7)19-10-17-16-6-3-1-2-4-18(6)10/h1-5H,12H2,(H,13,14,15). The quantitative estimate of drug-likeness (QED) is 0.427. The molecule has 0 amide bonds. The van der Waals surface area contributed by atoms with Crippen LogP contribution in [-0.4, -0.2) is 24.6 Å². The Kier molecular flexibility index (Phi) is 3.32. The molecular formula is C10H8BrN7S. The first-order valence-corrected chi connectivity index (χ1v) is 6.85.